The van der Waals surface area contributed by atoms with Crippen LogP contribution in [0.5, 0.6) is 11.5 Å². The highest BCUT2D eigenvalue weighted by atomic mass is 35.5. The molecule has 0 unspecified atom stereocenters. The van der Waals surface area contributed by atoms with Gasteiger partial charge in [-0.2, -0.15) is 0 Å². The van der Waals surface area contributed by atoms with Crippen LogP contribution in [0.4, 0.5) is 10.5 Å². The number of halogens is 1. The molecule has 3 rings (SSSR count). The number of imide groups is 1. The fourth-order valence-electron chi connectivity index (χ4n) is 2.29. The maximum Gasteiger partial charge on any atom is 0.338 e. The number of urea groups is 1. The summed E-state index contributed by atoms with van der Waals surface area (Å²) in [5.41, 5.74) is 0.622. The number of amides is 3. The fourth-order valence-corrected chi connectivity index (χ4v) is 2.55. The quantitative estimate of drug-likeness (QED) is 0.778. The Balaban J connectivity index is 1.52. The minimum absolute atomic E-state index is 0.103. The second-order valence-electron chi connectivity index (χ2n) is 5.43. The van der Waals surface area contributed by atoms with Crippen LogP contribution in [0.25, 0.3) is 0 Å². The normalized spacial score (nSPS) is 12.0. The highest BCUT2D eigenvalue weighted by Gasteiger charge is 2.20. The molecule has 1 heterocycles. The van der Waals surface area contributed by atoms with E-state index in [0.717, 1.165) is 0 Å². The predicted molar refractivity (Wildman–Crippen MR) is 96.3 cm³/mol. The lowest BCUT2D eigenvalue weighted by Gasteiger charge is -2.19. The van der Waals surface area contributed by atoms with Gasteiger partial charge in [0.2, 0.25) is 0 Å². The van der Waals surface area contributed by atoms with Crippen LogP contribution < -0.4 is 20.1 Å². The summed E-state index contributed by atoms with van der Waals surface area (Å²) in [5.74, 6) is -0.880. The molecular weight excluding hydrogens is 376 g/mol. The molecular formula is C18H15ClN2O6. The van der Waals surface area contributed by atoms with Crippen molar-refractivity contribution in [3.63, 3.8) is 0 Å². The SMILES string of the molecule is O=C(COC(=O)c1cc(Cl)c2c(c1)OCCO2)NC(=O)Nc1ccccc1. The maximum atomic E-state index is 12.1. The Morgan fingerprint density at radius 2 is 1.81 bits per heavy atom. The number of para-hydroxylation sites is 1. The molecule has 27 heavy (non-hydrogen) atoms. The molecule has 1 aliphatic rings. The lowest BCUT2D eigenvalue weighted by Crippen LogP contribution is -2.37. The van der Waals surface area contributed by atoms with Crippen molar-refractivity contribution in [2.45, 2.75) is 0 Å². The average molecular weight is 391 g/mol. The molecule has 9 heteroatoms. The summed E-state index contributed by atoms with van der Waals surface area (Å²) in [4.78, 5) is 35.6. The first kappa shape index (κ1) is 18.5. The molecule has 3 amide bonds. The Hall–Kier alpha value is -3.26. The van der Waals surface area contributed by atoms with E-state index in [0.29, 0.717) is 30.4 Å². The van der Waals surface area contributed by atoms with Crippen LogP contribution in [0.1, 0.15) is 10.4 Å². The van der Waals surface area contributed by atoms with Crippen molar-refractivity contribution in [2.24, 2.45) is 0 Å². The number of esters is 1. The summed E-state index contributed by atoms with van der Waals surface area (Å²) >= 11 is 6.05. The van der Waals surface area contributed by atoms with Gasteiger partial charge in [-0.1, -0.05) is 29.8 Å². The van der Waals surface area contributed by atoms with Gasteiger partial charge in [-0.05, 0) is 24.3 Å². The lowest BCUT2D eigenvalue weighted by molar-refractivity contribution is -0.123. The molecule has 0 aliphatic carbocycles. The summed E-state index contributed by atoms with van der Waals surface area (Å²) in [7, 11) is 0. The van der Waals surface area contributed by atoms with Crippen LogP contribution in [0, 0.1) is 0 Å². The van der Waals surface area contributed by atoms with Gasteiger partial charge in [0.05, 0.1) is 10.6 Å². The largest absolute Gasteiger partial charge is 0.486 e. The van der Waals surface area contributed by atoms with Gasteiger partial charge >= 0.3 is 12.0 Å². The molecule has 1 aliphatic heterocycles. The Morgan fingerprint density at radius 3 is 2.59 bits per heavy atom. The van der Waals surface area contributed by atoms with E-state index in [1.165, 1.54) is 12.1 Å². The molecule has 0 fully saturated rings. The van der Waals surface area contributed by atoms with E-state index < -0.39 is 24.5 Å². The van der Waals surface area contributed by atoms with Crippen molar-refractivity contribution in [1.29, 1.82) is 0 Å². The average Bonchev–Trinajstić information content (AvgIpc) is 2.66. The van der Waals surface area contributed by atoms with Crippen molar-refractivity contribution >= 4 is 35.2 Å². The third-order valence-corrected chi connectivity index (χ3v) is 3.73. The first-order chi connectivity index (χ1) is 13.0. The van der Waals surface area contributed by atoms with Gasteiger partial charge < -0.3 is 19.5 Å². The van der Waals surface area contributed by atoms with Crippen molar-refractivity contribution in [3.8, 4) is 11.5 Å². The molecule has 8 nitrogen and oxygen atoms in total. The highest BCUT2D eigenvalue weighted by Crippen LogP contribution is 2.38. The number of hydrogen-bond donors (Lipinski definition) is 2. The van der Waals surface area contributed by atoms with Gasteiger partial charge in [0.15, 0.2) is 18.1 Å². The van der Waals surface area contributed by atoms with Crippen molar-refractivity contribution < 1.29 is 28.6 Å². The zero-order valence-electron chi connectivity index (χ0n) is 14.0. The van der Waals surface area contributed by atoms with Crippen LogP contribution in [-0.4, -0.2) is 37.7 Å². The summed E-state index contributed by atoms with van der Waals surface area (Å²) < 4.78 is 15.6. The third kappa shape index (κ3) is 4.89. The van der Waals surface area contributed by atoms with Gasteiger partial charge in [0.1, 0.15) is 13.2 Å². The second-order valence-corrected chi connectivity index (χ2v) is 5.83. The molecule has 140 valence electrons. The Kier molecular flexibility index (Phi) is 5.77. The lowest BCUT2D eigenvalue weighted by atomic mass is 10.2. The third-order valence-electron chi connectivity index (χ3n) is 3.45. The number of carbonyl (C=O) groups excluding carboxylic acids is 3. The molecule has 2 aromatic rings. The van der Waals surface area contributed by atoms with Gasteiger partial charge in [0, 0.05) is 5.69 Å². The van der Waals surface area contributed by atoms with Gasteiger partial charge in [-0.15, -0.1) is 0 Å². The first-order valence-electron chi connectivity index (χ1n) is 7.95. The number of nitrogens with one attached hydrogen (secondary N) is 2. The molecule has 0 bridgehead atoms. The van der Waals surface area contributed by atoms with E-state index in [-0.39, 0.29) is 10.6 Å². The summed E-state index contributed by atoms with van der Waals surface area (Å²) in [6.45, 7) is 0.0651. The van der Waals surface area contributed by atoms with E-state index in [4.69, 9.17) is 25.8 Å². The zero-order chi connectivity index (χ0) is 19.2. The van der Waals surface area contributed by atoms with E-state index in [1.807, 2.05) is 0 Å². The molecule has 2 N–H and O–H groups in total. The number of anilines is 1. The minimum atomic E-state index is -0.785. The van der Waals surface area contributed by atoms with Crippen LogP contribution in [0.3, 0.4) is 0 Å². The molecule has 0 saturated carbocycles. The standard InChI is InChI=1S/C18H15ClN2O6/c19-13-8-11(9-14-16(13)26-7-6-25-14)17(23)27-10-15(22)21-18(24)20-12-4-2-1-3-5-12/h1-5,8-9H,6-7,10H2,(H2,20,21,22,24). The zero-order valence-corrected chi connectivity index (χ0v) is 14.7. The Labute approximate surface area is 159 Å². The number of hydrogen-bond acceptors (Lipinski definition) is 6. The highest BCUT2D eigenvalue weighted by molar-refractivity contribution is 6.32. The monoisotopic (exact) mass is 390 g/mol. The van der Waals surface area contributed by atoms with Crippen molar-refractivity contribution in [3.05, 3.63) is 53.1 Å². The molecule has 0 spiro atoms. The smallest absolute Gasteiger partial charge is 0.338 e. The molecule has 0 atom stereocenters. The second kappa shape index (κ2) is 8.41. The number of fused-ring (bicyclic) bond motifs is 1. The first-order valence-corrected chi connectivity index (χ1v) is 8.33. The molecule has 0 aromatic heterocycles. The maximum absolute atomic E-state index is 12.1. The van der Waals surface area contributed by atoms with Crippen LogP contribution >= 0.6 is 11.6 Å². The van der Waals surface area contributed by atoms with Crippen molar-refractivity contribution in [2.75, 3.05) is 25.1 Å². The van der Waals surface area contributed by atoms with Crippen molar-refractivity contribution in [1.82, 2.24) is 5.32 Å². The van der Waals surface area contributed by atoms with Gasteiger partial charge in [-0.3, -0.25) is 10.1 Å². The summed E-state index contributed by atoms with van der Waals surface area (Å²) in [6.07, 6.45) is 0. The predicted octanol–water partition coefficient (Wildman–Crippen LogP) is 2.62. The van der Waals surface area contributed by atoms with Gasteiger partial charge in [0.25, 0.3) is 5.91 Å². The van der Waals surface area contributed by atoms with Gasteiger partial charge in [-0.25, -0.2) is 9.59 Å². The van der Waals surface area contributed by atoms with Crippen LogP contribution in [-0.2, 0) is 9.53 Å². The number of rotatable bonds is 4. The van der Waals surface area contributed by atoms with Crippen LogP contribution in [0.15, 0.2) is 42.5 Å². The summed E-state index contributed by atoms with van der Waals surface area (Å²) in [6, 6.07) is 10.6. The van der Waals surface area contributed by atoms with E-state index >= 15 is 0 Å². The summed E-state index contributed by atoms with van der Waals surface area (Å²) in [5, 5.41) is 4.73. The van der Waals surface area contributed by atoms with E-state index in [2.05, 4.69) is 10.6 Å². The number of carbonyl (C=O) groups is 3. The fraction of sp³-hybridized carbons (Fsp3) is 0.167. The number of ether oxygens (including phenoxy) is 3. The molecule has 2 aromatic carbocycles. The van der Waals surface area contributed by atoms with E-state index in [9.17, 15) is 14.4 Å². The number of benzene rings is 2. The van der Waals surface area contributed by atoms with Crippen LogP contribution in [0.2, 0.25) is 5.02 Å². The Bertz CT molecular complexity index is 872. The topological polar surface area (TPSA) is 103 Å². The Morgan fingerprint density at radius 1 is 1.07 bits per heavy atom. The minimum Gasteiger partial charge on any atom is -0.486 e. The van der Waals surface area contributed by atoms with E-state index in [1.54, 1.807) is 30.3 Å². The molecule has 0 saturated heterocycles. The molecule has 0 radical (unpaired) electrons.